The number of ether oxygens (including phenoxy) is 3. The Morgan fingerprint density at radius 3 is 2.89 bits per heavy atom. The average molecular weight is 604 g/mol. The molecule has 12 heteroatoms. The van der Waals surface area contributed by atoms with Crippen molar-refractivity contribution in [2.24, 2.45) is 0 Å². The van der Waals surface area contributed by atoms with Gasteiger partial charge in [-0.3, -0.25) is 4.90 Å². The van der Waals surface area contributed by atoms with Crippen LogP contribution in [-0.2, 0) is 4.74 Å². The lowest BCUT2D eigenvalue weighted by molar-refractivity contribution is 0.107. The van der Waals surface area contributed by atoms with Crippen molar-refractivity contribution < 1.29 is 32.5 Å². The highest BCUT2D eigenvalue weighted by Gasteiger charge is 2.49. The first-order chi connectivity index (χ1) is 21.3. The molecule has 0 saturated carbocycles. The molecule has 3 saturated heterocycles. The summed E-state index contributed by atoms with van der Waals surface area (Å²) in [6, 6.07) is 5.04. The van der Waals surface area contributed by atoms with Crippen LogP contribution in [0.3, 0.4) is 0 Å². The molecule has 226 valence electrons. The number of alkyl halides is 1. The van der Waals surface area contributed by atoms with Gasteiger partial charge in [0.25, 0.3) is 0 Å². The lowest BCUT2D eigenvalue weighted by Gasteiger charge is -2.31. The molecule has 0 amide bonds. The second-order valence-corrected chi connectivity index (χ2v) is 12.0. The highest BCUT2D eigenvalue weighted by atomic mass is 19.1. The van der Waals surface area contributed by atoms with Gasteiger partial charge in [0, 0.05) is 31.0 Å². The fourth-order valence-corrected chi connectivity index (χ4v) is 7.38. The monoisotopic (exact) mass is 603 g/mol. The molecule has 4 aliphatic heterocycles. The number of hydrogen-bond acceptors (Lipinski definition) is 9. The number of terminal acetylenes is 1. The Kier molecular flexibility index (Phi) is 6.09. The number of anilines is 1. The van der Waals surface area contributed by atoms with Crippen LogP contribution in [0, 0.1) is 24.0 Å². The number of phenols is 1. The van der Waals surface area contributed by atoms with E-state index in [1.165, 1.54) is 24.3 Å². The lowest BCUT2D eigenvalue weighted by atomic mass is 9.95. The van der Waals surface area contributed by atoms with E-state index in [1.54, 1.807) is 0 Å². The summed E-state index contributed by atoms with van der Waals surface area (Å²) >= 11 is 0. The molecule has 1 N–H and O–H groups in total. The third-order valence-electron chi connectivity index (χ3n) is 9.49. The van der Waals surface area contributed by atoms with E-state index in [4.69, 9.17) is 25.6 Å². The highest BCUT2D eigenvalue weighted by Crippen LogP contribution is 2.45. The molecule has 4 atom stereocenters. The van der Waals surface area contributed by atoms with Crippen molar-refractivity contribution in [3.63, 3.8) is 0 Å². The van der Waals surface area contributed by atoms with Crippen molar-refractivity contribution >= 4 is 27.5 Å². The van der Waals surface area contributed by atoms with Crippen LogP contribution in [-0.4, -0.2) is 88.8 Å². The minimum Gasteiger partial charge on any atom is -0.508 e. The Labute approximate surface area is 250 Å². The van der Waals surface area contributed by atoms with E-state index in [0.717, 1.165) is 19.4 Å². The number of likely N-dealkylation sites (N-methyl/N-ethyl adjacent to an activating group) is 1. The van der Waals surface area contributed by atoms with Gasteiger partial charge in [-0.05, 0) is 43.0 Å². The summed E-state index contributed by atoms with van der Waals surface area (Å²) in [7, 11) is 1.81. The van der Waals surface area contributed by atoms with E-state index in [2.05, 4.69) is 20.8 Å². The first-order valence-electron chi connectivity index (χ1n) is 14.6. The Hall–Kier alpha value is -4.34. The van der Waals surface area contributed by atoms with Crippen molar-refractivity contribution in [3.8, 4) is 41.2 Å². The third kappa shape index (κ3) is 3.99. The van der Waals surface area contributed by atoms with Crippen molar-refractivity contribution in [2.75, 3.05) is 44.9 Å². The van der Waals surface area contributed by atoms with E-state index in [9.17, 15) is 13.9 Å². The van der Waals surface area contributed by atoms with Crippen molar-refractivity contribution in [1.29, 1.82) is 0 Å². The van der Waals surface area contributed by atoms with Crippen molar-refractivity contribution in [1.82, 2.24) is 19.9 Å². The second kappa shape index (κ2) is 9.84. The molecule has 3 fully saturated rings. The molecule has 4 aliphatic rings. The van der Waals surface area contributed by atoms with Crippen LogP contribution in [0.2, 0.25) is 0 Å². The number of halogens is 3. The molecule has 2 aromatic carbocycles. The van der Waals surface area contributed by atoms with Gasteiger partial charge in [0.1, 0.15) is 52.9 Å². The predicted octanol–water partition coefficient (Wildman–Crippen LogP) is 4.36. The molecule has 0 spiro atoms. The zero-order valence-electron chi connectivity index (χ0n) is 23.8. The molecule has 8 rings (SSSR count). The van der Waals surface area contributed by atoms with Gasteiger partial charge in [-0.25, -0.2) is 18.2 Å². The van der Waals surface area contributed by atoms with E-state index in [1.807, 2.05) is 11.9 Å². The molecule has 0 aliphatic carbocycles. The summed E-state index contributed by atoms with van der Waals surface area (Å²) in [6.07, 6.45) is 6.38. The molecule has 6 heterocycles. The number of nitrogens with zero attached hydrogens (tertiary/aromatic N) is 5. The number of aromatic nitrogens is 3. The summed E-state index contributed by atoms with van der Waals surface area (Å²) in [5, 5.41) is 11.4. The van der Waals surface area contributed by atoms with Crippen LogP contribution in [0.5, 0.6) is 17.6 Å². The molecule has 9 nitrogen and oxygen atoms in total. The van der Waals surface area contributed by atoms with Crippen molar-refractivity contribution in [3.05, 3.63) is 41.5 Å². The fraction of sp³-hybridized carbons (Fsp3) is 0.406. The Balaban J connectivity index is 1.34. The average Bonchev–Trinajstić information content (AvgIpc) is 3.69. The molecule has 44 heavy (non-hydrogen) atoms. The number of aromatic hydroxyl groups is 1. The molecule has 2 aromatic heterocycles. The van der Waals surface area contributed by atoms with E-state index < -0.39 is 29.4 Å². The van der Waals surface area contributed by atoms with Crippen LogP contribution < -0.4 is 14.4 Å². The minimum atomic E-state index is -0.938. The van der Waals surface area contributed by atoms with E-state index in [0.29, 0.717) is 30.8 Å². The predicted molar refractivity (Wildman–Crippen MR) is 156 cm³/mol. The van der Waals surface area contributed by atoms with Gasteiger partial charge >= 0.3 is 6.01 Å². The molecule has 0 bridgehead atoms. The van der Waals surface area contributed by atoms with Gasteiger partial charge in [-0.15, -0.1) is 6.42 Å². The third-order valence-corrected chi connectivity index (χ3v) is 9.49. The number of benzene rings is 2. The van der Waals surface area contributed by atoms with Crippen LogP contribution in [0.25, 0.3) is 32.9 Å². The Morgan fingerprint density at radius 1 is 1.18 bits per heavy atom. The minimum absolute atomic E-state index is 0.0644. The topological polar surface area (TPSA) is 93.1 Å². The molecule has 4 unspecified atom stereocenters. The summed E-state index contributed by atoms with van der Waals surface area (Å²) in [5.74, 6) is 1.07. The molecule has 4 aromatic rings. The van der Waals surface area contributed by atoms with Gasteiger partial charge in [-0.1, -0.05) is 12.0 Å². The number of pyridine rings is 1. The molecular weight excluding hydrogens is 575 g/mol. The Morgan fingerprint density at radius 2 is 2.05 bits per heavy atom. The summed E-state index contributed by atoms with van der Waals surface area (Å²) in [4.78, 5) is 17.8. The summed E-state index contributed by atoms with van der Waals surface area (Å²) in [6.45, 7) is 1.94. The van der Waals surface area contributed by atoms with Gasteiger partial charge in [0.05, 0.1) is 30.4 Å². The van der Waals surface area contributed by atoms with Gasteiger partial charge < -0.3 is 24.2 Å². The van der Waals surface area contributed by atoms with Gasteiger partial charge in [0.15, 0.2) is 5.82 Å². The maximum Gasteiger partial charge on any atom is 0.319 e. The maximum absolute atomic E-state index is 16.8. The van der Waals surface area contributed by atoms with Gasteiger partial charge in [-0.2, -0.15) is 9.97 Å². The fourth-order valence-electron chi connectivity index (χ4n) is 7.38. The maximum atomic E-state index is 16.8. The van der Waals surface area contributed by atoms with Crippen LogP contribution in [0.1, 0.15) is 24.8 Å². The van der Waals surface area contributed by atoms with Crippen LogP contribution in [0.4, 0.5) is 19.0 Å². The first kappa shape index (κ1) is 27.2. The van der Waals surface area contributed by atoms with E-state index >= 15 is 4.39 Å². The molecular formula is C32H28F3N5O4. The summed E-state index contributed by atoms with van der Waals surface area (Å²) < 4.78 is 64.3. The first-order valence-corrected chi connectivity index (χ1v) is 14.6. The zero-order valence-corrected chi connectivity index (χ0v) is 23.8. The summed E-state index contributed by atoms with van der Waals surface area (Å²) in [5.41, 5.74) is -0.836. The van der Waals surface area contributed by atoms with E-state index in [-0.39, 0.29) is 70.0 Å². The normalized spacial score (nSPS) is 26.0. The number of fused-ring (bicyclic) bond motifs is 3. The largest absolute Gasteiger partial charge is 0.508 e. The standard InChI is InChI=1S/C32H28F3N5O4/c1-3-19-21(34)6-5-16-9-18(41)10-20(24(16)19)27-26(35)28-25-29(39(2)22-13-42-14-23(22)44-30(25)36-27)38-31(37-28)43-15-32-7-4-8-40(32)12-17(33)11-32/h1,5-6,9-10,17,22-23,41H,4,7-8,11-15H2,2H3. The van der Waals surface area contributed by atoms with Crippen LogP contribution in [0.15, 0.2) is 24.3 Å². The quantitative estimate of drug-likeness (QED) is 0.342. The van der Waals surface area contributed by atoms with Gasteiger partial charge in [0.2, 0.25) is 5.88 Å². The lowest BCUT2D eigenvalue weighted by Crippen LogP contribution is -2.44. The SMILES string of the molecule is C#Cc1c(F)ccc2cc(O)cc(-c3nc4c5c(nc(OCC67CCCN6CC(F)C7)nc5c3F)N(C)C3COCC3O4)c12. The number of hydrogen-bond donors (Lipinski definition) is 1. The van der Waals surface area contributed by atoms with Crippen LogP contribution >= 0.6 is 0 Å². The smallest absolute Gasteiger partial charge is 0.319 e. The van der Waals surface area contributed by atoms with Crippen molar-refractivity contribution in [2.45, 2.75) is 43.1 Å². The highest BCUT2D eigenvalue weighted by molar-refractivity contribution is 6.04. The molecule has 0 radical (unpaired) electrons. The Bertz CT molecular complexity index is 1900. The number of rotatable bonds is 4. The number of phenolic OH excluding ortho intramolecular Hbond substituents is 1. The zero-order chi connectivity index (χ0) is 30.3. The second-order valence-electron chi connectivity index (χ2n) is 12.0.